The number of anilines is 1. The summed E-state index contributed by atoms with van der Waals surface area (Å²) in [6.45, 7) is 0.557. The molecule has 1 heterocycles. The van der Waals surface area contributed by atoms with Crippen molar-refractivity contribution in [1.82, 2.24) is 4.98 Å². The molecule has 0 atom stereocenters. The highest BCUT2D eigenvalue weighted by Crippen LogP contribution is 2.21. The standard InChI is InChI=1S/C14H16FN3O2/c15-12-8-11-9(7-13(12)17-4-5-19)6-10(2-1-3-16)18-14(11)20/h5-8,17H,1-4,16H2,(H,18,20). The molecule has 1 aromatic heterocycles. The molecule has 0 amide bonds. The molecule has 4 N–H and O–H groups in total. The third kappa shape index (κ3) is 3.03. The first-order valence-corrected chi connectivity index (χ1v) is 6.38. The summed E-state index contributed by atoms with van der Waals surface area (Å²) in [5.41, 5.74) is 6.09. The molecule has 106 valence electrons. The van der Waals surface area contributed by atoms with E-state index in [0.29, 0.717) is 24.6 Å². The predicted octanol–water partition coefficient (Wildman–Crippen LogP) is 1.17. The van der Waals surface area contributed by atoms with Gasteiger partial charge in [0.1, 0.15) is 12.1 Å². The van der Waals surface area contributed by atoms with E-state index in [2.05, 4.69) is 10.3 Å². The van der Waals surface area contributed by atoms with Crippen LogP contribution in [0.25, 0.3) is 10.8 Å². The fourth-order valence-electron chi connectivity index (χ4n) is 2.06. The summed E-state index contributed by atoms with van der Waals surface area (Å²) in [5.74, 6) is -0.556. The van der Waals surface area contributed by atoms with Crippen LogP contribution in [0.1, 0.15) is 12.1 Å². The maximum Gasteiger partial charge on any atom is 0.256 e. The van der Waals surface area contributed by atoms with Crippen LogP contribution in [0.3, 0.4) is 0 Å². The minimum absolute atomic E-state index is 0.0195. The summed E-state index contributed by atoms with van der Waals surface area (Å²) < 4.78 is 13.8. The highest BCUT2D eigenvalue weighted by Gasteiger charge is 2.08. The summed E-state index contributed by atoms with van der Waals surface area (Å²) in [5, 5.41) is 3.58. The molecular weight excluding hydrogens is 261 g/mol. The van der Waals surface area contributed by atoms with Crippen molar-refractivity contribution >= 4 is 22.7 Å². The second kappa shape index (κ2) is 6.29. The van der Waals surface area contributed by atoms with Crippen LogP contribution in [-0.2, 0) is 11.2 Å². The smallest absolute Gasteiger partial charge is 0.256 e. The molecule has 6 heteroatoms. The Balaban J connectivity index is 2.47. The first-order valence-electron chi connectivity index (χ1n) is 6.38. The number of aromatic amines is 1. The van der Waals surface area contributed by atoms with Gasteiger partial charge in [-0.3, -0.25) is 4.79 Å². The molecular formula is C14H16FN3O2. The number of H-pyrrole nitrogens is 1. The van der Waals surface area contributed by atoms with Gasteiger partial charge < -0.3 is 20.8 Å². The van der Waals surface area contributed by atoms with Gasteiger partial charge in [-0.05, 0) is 43.0 Å². The second-order valence-corrected chi connectivity index (χ2v) is 4.48. The fourth-order valence-corrected chi connectivity index (χ4v) is 2.06. The van der Waals surface area contributed by atoms with Crippen molar-refractivity contribution in [2.75, 3.05) is 18.4 Å². The Morgan fingerprint density at radius 1 is 1.35 bits per heavy atom. The number of hydrogen-bond acceptors (Lipinski definition) is 4. The van der Waals surface area contributed by atoms with Gasteiger partial charge in [-0.1, -0.05) is 0 Å². The van der Waals surface area contributed by atoms with Crippen molar-refractivity contribution < 1.29 is 9.18 Å². The summed E-state index contributed by atoms with van der Waals surface area (Å²) >= 11 is 0. The monoisotopic (exact) mass is 277 g/mol. The number of aryl methyl sites for hydroxylation is 1. The highest BCUT2D eigenvalue weighted by atomic mass is 19.1. The van der Waals surface area contributed by atoms with Crippen LogP contribution in [0, 0.1) is 5.82 Å². The molecule has 0 aliphatic rings. The molecule has 0 unspecified atom stereocenters. The van der Waals surface area contributed by atoms with Crippen molar-refractivity contribution in [3.8, 4) is 0 Å². The van der Waals surface area contributed by atoms with E-state index in [1.54, 1.807) is 6.07 Å². The molecule has 0 aliphatic heterocycles. The van der Waals surface area contributed by atoms with E-state index in [1.165, 1.54) is 12.1 Å². The van der Waals surface area contributed by atoms with Crippen LogP contribution in [-0.4, -0.2) is 24.4 Å². The lowest BCUT2D eigenvalue weighted by Crippen LogP contribution is -2.12. The molecule has 0 bridgehead atoms. The lowest BCUT2D eigenvalue weighted by Gasteiger charge is -2.08. The van der Waals surface area contributed by atoms with Gasteiger partial charge in [0.05, 0.1) is 17.6 Å². The quantitative estimate of drug-likeness (QED) is 0.692. The zero-order valence-electron chi connectivity index (χ0n) is 10.9. The van der Waals surface area contributed by atoms with Crippen molar-refractivity contribution in [2.45, 2.75) is 12.8 Å². The number of aromatic nitrogens is 1. The van der Waals surface area contributed by atoms with Crippen molar-refractivity contribution in [3.05, 3.63) is 40.1 Å². The molecule has 0 saturated heterocycles. The molecule has 5 nitrogen and oxygen atoms in total. The Morgan fingerprint density at radius 2 is 2.15 bits per heavy atom. The molecule has 0 aliphatic carbocycles. The minimum atomic E-state index is -0.556. The van der Waals surface area contributed by atoms with Crippen molar-refractivity contribution in [1.29, 1.82) is 0 Å². The Labute approximate surface area is 115 Å². The van der Waals surface area contributed by atoms with E-state index in [4.69, 9.17) is 5.73 Å². The molecule has 2 rings (SSSR count). The van der Waals surface area contributed by atoms with Gasteiger partial charge in [-0.2, -0.15) is 0 Å². The minimum Gasteiger partial charge on any atom is -0.376 e. The number of nitrogens with two attached hydrogens (primary N) is 1. The van der Waals surface area contributed by atoms with Crippen LogP contribution >= 0.6 is 0 Å². The third-order valence-electron chi connectivity index (χ3n) is 3.01. The van der Waals surface area contributed by atoms with Crippen LogP contribution in [0.2, 0.25) is 0 Å². The van der Waals surface area contributed by atoms with Crippen molar-refractivity contribution in [2.24, 2.45) is 5.73 Å². The number of carbonyl (C=O) groups excluding carboxylic acids is 1. The van der Waals surface area contributed by atoms with Crippen LogP contribution in [0.15, 0.2) is 23.0 Å². The maximum absolute atomic E-state index is 13.8. The second-order valence-electron chi connectivity index (χ2n) is 4.48. The van der Waals surface area contributed by atoms with Crippen LogP contribution < -0.4 is 16.6 Å². The Hall–Kier alpha value is -2.21. The number of hydrogen-bond donors (Lipinski definition) is 3. The fraction of sp³-hybridized carbons (Fsp3) is 0.286. The van der Waals surface area contributed by atoms with E-state index in [9.17, 15) is 14.0 Å². The van der Waals surface area contributed by atoms with Crippen LogP contribution in [0.4, 0.5) is 10.1 Å². The van der Waals surface area contributed by atoms with E-state index in [-0.39, 0.29) is 23.2 Å². The Morgan fingerprint density at radius 3 is 2.85 bits per heavy atom. The molecule has 0 saturated carbocycles. The number of aldehydes is 1. The number of nitrogens with one attached hydrogen (secondary N) is 2. The Kier molecular flexibility index (Phi) is 4.47. The zero-order chi connectivity index (χ0) is 14.5. The predicted molar refractivity (Wildman–Crippen MR) is 76.5 cm³/mol. The van der Waals surface area contributed by atoms with E-state index in [0.717, 1.165) is 12.1 Å². The number of pyridine rings is 1. The van der Waals surface area contributed by atoms with E-state index < -0.39 is 5.82 Å². The summed E-state index contributed by atoms with van der Waals surface area (Å²) in [6, 6.07) is 4.52. The van der Waals surface area contributed by atoms with Crippen molar-refractivity contribution in [3.63, 3.8) is 0 Å². The van der Waals surface area contributed by atoms with Gasteiger partial charge in [0.15, 0.2) is 0 Å². The number of rotatable bonds is 6. The third-order valence-corrected chi connectivity index (χ3v) is 3.01. The first-order chi connectivity index (χ1) is 9.65. The average Bonchev–Trinajstić information content (AvgIpc) is 2.44. The van der Waals surface area contributed by atoms with E-state index in [1.807, 2.05) is 0 Å². The lowest BCUT2D eigenvalue weighted by molar-refractivity contribution is -0.106. The SMILES string of the molecule is NCCCc1cc2cc(NCC=O)c(F)cc2c(=O)[nH]1. The van der Waals surface area contributed by atoms with Crippen LogP contribution in [0.5, 0.6) is 0 Å². The lowest BCUT2D eigenvalue weighted by atomic mass is 10.1. The molecule has 20 heavy (non-hydrogen) atoms. The topological polar surface area (TPSA) is 88.0 Å². The van der Waals surface area contributed by atoms with E-state index >= 15 is 0 Å². The highest BCUT2D eigenvalue weighted by molar-refractivity contribution is 5.85. The number of halogens is 1. The normalized spacial score (nSPS) is 10.7. The summed E-state index contributed by atoms with van der Waals surface area (Å²) in [7, 11) is 0. The maximum atomic E-state index is 13.8. The summed E-state index contributed by atoms with van der Waals surface area (Å²) in [4.78, 5) is 25.0. The number of carbonyl (C=O) groups is 1. The van der Waals surface area contributed by atoms with Gasteiger partial charge in [-0.25, -0.2) is 4.39 Å². The van der Waals surface area contributed by atoms with Gasteiger partial charge in [0.2, 0.25) is 0 Å². The average molecular weight is 277 g/mol. The van der Waals surface area contributed by atoms with Gasteiger partial charge in [0.25, 0.3) is 5.56 Å². The molecule has 1 aromatic carbocycles. The zero-order valence-corrected chi connectivity index (χ0v) is 10.9. The molecule has 0 fully saturated rings. The van der Waals surface area contributed by atoms with Gasteiger partial charge in [0, 0.05) is 5.69 Å². The first kappa shape index (κ1) is 14.2. The Bertz CT molecular complexity index is 682. The number of benzene rings is 1. The molecule has 0 spiro atoms. The number of fused-ring (bicyclic) bond motifs is 1. The largest absolute Gasteiger partial charge is 0.376 e. The van der Waals surface area contributed by atoms with Gasteiger partial charge >= 0.3 is 0 Å². The molecule has 2 aromatic rings. The molecule has 0 radical (unpaired) electrons. The van der Waals surface area contributed by atoms with Gasteiger partial charge in [-0.15, -0.1) is 0 Å². The summed E-state index contributed by atoms with van der Waals surface area (Å²) in [6.07, 6.45) is 2.07.